The maximum Gasteiger partial charge on any atom is 0.416 e. The number of rotatable bonds is 8. The molecule has 1 saturated heterocycles. The van der Waals surface area contributed by atoms with Gasteiger partial charge in [-0.25, -0.2) is 8.42 Å². The van der Waals surface area contributed by atoms with Gasteiger partial charge in [0.15, 0.2) is 0 Å². The summed E-state index contributed by atoms with van der Waals surface area (Å²) in [5.41, 5.74) is 0.331. The standard InChI is InChI=1S/C24H25F3N4O4S2/c1-3-35-23-29-18(13-19(30-23)16-7-9-17(10-8-16)24(25,26)27)14-28-22(32)20-5-4-12-31(20)37(33,34)21-11-6-15(2)36-21/h6-11,13,20H,3-5,12,14H2,1-2H3,(H,28,32). The lowest BCUT2D eigenvalue weighted by atomic mass is 10.1. The topological polar surface area (TPSA) is 101 Å². The molecular weight excluding hydrogens is 529 g/mol. The maximum atomic E-state index is 13.1. The number of benzene rings is 1. The van der Waals surface area contributed by atoms with Gasteiger partial charge >= 0.3 is 12.2 Å². The molecule has 1 aliphatic rings. The van der Waals surface area contributed by atoms with Crippen molar-refractivity contribution in [3.8, 4) is 17.3 Å². The van der Waals surface area contributed by atoms with Crippen LogP contribution in [0.4, 0.5) is 13.2 Å². The lowest BCUT2D eigenvalue weighted by Gasteiger charge is -2.22. The Bertz CT molecular complexity index is 1380. The van der Waals surface area contributed by atoms with E-state index in [1.54, 1.807) is 25.1 Å². The van der Waals surface area contributed by atoms with Crippen LogP contribution in [0.2, 0.25) is 0 Å². The van der Waals surface area contributed by atoms with Crippen LogP contribution in [0.25, 0.3) is 11.3 Å². The predicted molar refractivity (Wildman–Crippen MR) is 131 cm³/mol. The van der Waals surface area contributed by atoms with Gasteiger partial charge in [0, 0.05) is 17.0 Å². The molecule has 1 N–H and O–H groups in total. The first-order valence-corrected chi connectivity index (χ1v) is 13.8. The van der Waals surface area contributed by atoms with E-state index in [-0.39, 0.29) is 29.9 Å². The second-order valence-corrected chi connectivity index (χ2v) is 11.8. The lowest BCUT2D eigenvalue weighted by molar-refractivity contribution is -0.137. The molecule has 1 fully saturated rings. The highest BCUT2D eigenvalue weighted by atomic mass is 32.2. The van der Waals surface area contributed by atoms with Gasteiger partial charge in [-0.1, -0.05) is 12.1 Å². The minimum absolute atomic E-state index is 0.0160. The van der Waals surface area contributed by atoms with Crippen molar-refractivity contribution in [1.82, 2.24) is 19.6 Å². The summed E-state index contributed by atoms with van der Waals surface area (Å²) in [6.07, 6.45) is -3.51. The number of hydrogen-bond donors (Lipinski definition) is 1. The molecule has 0 saturated carbocycles. The first kappa shape index (κ1) is 27.0. The van der Waals surface area contributed by atoms with Crippen molar-refractivity contribution >= 4 is 27.3 Å². The summed E-state index contributed by atoms with van der Waals surface area (Å²) < 4.78 is 71.8. The Morgan fingerprint density at radius 1 is 1.19 bits per heavy atom. The molecule has 13 heteroatoms. The van der Waals surface area contributed by atoms with Crippen LogP contribution >= 0.6 is 11.3 Å². The number of aryl methyl sites for hydroxylation is 1. The number of amides is 1. The molecule has 1 aromatic carbocycles. The third-order valence-corrected chi connectivity index (χ3v) is 9.15. The molecule has 3 aromatic rings. The summed E-state index contributed by atoms with van der Waals surface area (Å²) in [4.78, 5) is 22.4. The molecule has 1 amide bonds. The average molecular weight is 555 g/mol. The Balaban J connectivity index is 1.51. The monoisotopic (exact) mass is 554 g/mol. The molecule has 4 rings (SSSR count). The molecule has 0 bridgehead atoms. The average Bonchev–Trinajstić information content (AvgIpc) is 3.52. The van der Waals surface area contributed by atoms with E-state index in [0.29, 0.717) is 29.8 Å². The Morgan fingerprint density at radius 3 is 2.54 bits per heavy atom. The Labute approximate surface area is 216 Å². The van der Waals surface area contributed by atoms with Crippen molar-refractivity contribution in [2.75, 3.05) is 13.2 Å². The van der Waals surface area contributed by atoms with Crippen molar-refractivity contribution in [3.63, 3.8) is 0 Å². The highest BCUT2D eigenvalue weighted by Gasteiger charge is 2.40. The Hall–Kier alpha value is -3.03. The number of nitrogens with one attached hydrogen (secondary N) is 1. The largest absolute Gasteiger partial charge is 0.464 e. The zero-order valence-corrected chi connectivity index (χ0v) is 21.7. The van der Waals surface area contributed by atoms with Crippen LogP contribution in [0.5, 0.6) is 6.01 Å². The molecule has 1 atom stereocenters. The quantitative estimate of drug-likeness (QED) is 0.443. The number of ether oxygens (including phenoxy) is 1. The Kier molecular flexibility index (Phi) is 7.85. The number of alkyl halides is 3. The van der Waals surface area contributed by atoms with Gasteiger partial charge in [0.2, 0.25) is 5.91 Å². The second kappa shape index (κ2) is 10.8. The van der Waals surface area contributed by atoms with Gasteiger partial charge in [-0.15, -0.1) is 11.3 Å². The summed E-state index contributed by atoms with van der Waals surface area (Å²) >= 11 is 1.16. The Morgan fingerprint density at radius 2 is 1.92 bits per heavy atom. The van der Waals surface area contributed by atoms with E-state index < -0.39 is 33.7 Å². The van der Waals surface area contributed by atoms with E-state index in [0.717, 1.165) is 28.3 Å². The van der Waals surface area contributed by atoms with Crippen LogP contribution in [0, 0.1) is 6.92 Å². The summed E-state index contributed by atoms with van der Waals surface area (Å²) in [6.45, 7) is 4.02. The number of carbonyl (C=O) groups excluding carboxylic acids is 1. The first-order valence-electron chi connectivity index (χ1n) is 11.5. The molecule has 1 aliphatic heterocycles. The van der Waals surface area contributed by atoms with Gasteiger partial charge in [0.05, 0.1) is 30.1 Å². The third-order valence-electron chi connectivity index (χ3n) is 5.77. The van der Waals surface area contributed by atoms with E-state index in [4.69, 9.17) is 4.74 Å². The zero-order valence-electron chi connectivity index (χ0n) is 20.1. The van der Waals surface area contributed by atoms with E-state index in [2.05, 4.69) is 15.3 Å². The van der Waals surface area contributed by atoms with Gasteiger partial charge in [0.25, 0.3) is 10.0 Å². The van der Waals surface area contributed by atoms with Crippen LogP contribution < -0.4 is 10.1 Å². The fourth-order valence-corrected chi connectivity index (χ4v) is 7.06. The number of thiophene rings is 1. The minimum atomic E-state index is -4.46. The number of carbonyl (C=O) groups is 1. The first-order chi connectivity index (χ1) is 17.5. The molecule has 0 aliphatic carbocycles. The summed E-state index contributed by atoms with van der Waals surface area (Å²) in [5.74, 6) is -0.456. The van der Waals surface area contributed by atoms with E-state index in [1.807, 2.05) is 6.92 Å². The molecular formula is C24H25F3N4O4S2. The van der Waals surface area contributed by atoms with Crippen LogP contribution in [0.3, 0.4) is 0 Å². The number of aromatic nitrogens is 2. The van der Waals surface area contributed by atoms with Gasteiger partial charge in [-0.2, -0.15) is 27.4 Å². The zero-order chi connectivity index (χ0) is 26.8. The van der Waals surface area contributed by atoms with Crippen LogP contribution in [0.15, 0.2) is 46.7 Å². The lowest BCUT2D eigenvalue weighted by Crippen LogP contribution is -2.45. The fraction of sp³-hybridized carbons (Fsp3) is 0.375. The summed E-state index contributed by atoms with van der Waals surface area (Å²) in [5, 5.41) is 2.74. The molecule has 3 heterocycles. The molecule has 198 valence electrons. The summed E-state index contributed by atoms with van der Waals surface area (Å²) in [6, 6.07) is 8.50. The van der Waals surface area contributed by atoms with E-state index in [1.165, 1.54) is 16.4 Å². The molecule has 8 nitrogen and oxygen atoms in total. The minimum Gasteiger partial charge on any atom is -0.464 e. The number of sulfonamides is 1. The highest BCUT2D eigenvalue weighted by molar-refractivity contribution is 7.91. The normalized spacial score (nSPS) is 16.6. The van der Waals surface area contributed by atoms with Crippen LogP contribution in [-0.2, 0) is 27.5 Å². The number of hydrogen-bond acceptors (Lipinski definition) is 7. The second-order valence-electron chi connectivity index (χ2n) is 8.39. The van der Waals surface area contributed by atoms with Gasteiger partial charge in [0.1, 0.15) is 10.3 Å². The number of halogens is 3. The SMILES string of the molecule is CCOc1nc(CNC(=O)C2CCCN2S(=O)(=O)c2ccc(C)s2)cc(-c2ccc(C(F)(F)F)cc2)n1. The maximum absolute atomic E-state index is 13.1. The third kappa shape index (κ3) is 6.11. The fourth-order valence-electron chi connectivity index (χ4n) is 3.99. The highest BCUT2D eigenvalue weighted by Crippen LogP contribution is 2.32. The van der Waals surface area contributed by atoms with Crippen molar-refractivity contribution in [2.45, 2.75) is 49.7 Å². The molecule has 1 unspecified atom stereocenters. The smallest absolute Gasteiger partial charge is 0.416 e. The van der Waals surface area contributed by atoms with Crippen molar-refractivity contribution < 1.29 is 31.1 Å². The van der Waals surface area contributed by atoms with Crippen LogP contribution in [-0.4, -0.2) is 47.8 Å². The van der Waals surface area contributed by atoms with E-state index >= 15 is 0 Å². The predicted octanol–water partition coefficient (Wildman–Crippen LogP) is 4.40. The van der Waals surface area contributed by atoms with E-state index in [9.17, 15) is 26.4 Å². The molecule has 2 aromatic heterocycles. The van der Waals surface area contributed by atoms with Gasteiger partial charge < -0.3 is 10.1 Å². The van der Waals surface area contributed by atoms with Crippen LogP contribution in [0.1, 0.15) is 35.9 Å². The summed E-state index contributed by atoms with van der Waals surface area (Å²) in [7, 11) is -3.80. The van der Waals surface area contributed by atoms with Gasteiger partial charge in [-0.05, 0) is 57.0 Å². The molecule has 0 spiro atoms. The van der Waals surface area contributed by atoms with Gasteiger partial charge in [-0.3, -0.25) is 4.79 Å². The molecule has 37 heavy (non-hydrogen) atoms. The van der Waals surface area contributed by atoms with Crippen molar-refractivity contribution in [1.29, 1.82) is 0 Å². The van der Waals surface area contributed by atoms with Crippen molar-refractivity contribution in [2.24, 2.45) is 0 Å². The molecule has 0 radical (unpaired) electrons. The van der Waals surface area contributed by atoms with Crippen molar-refractivity contribution in [3.05, 3.63) is 58.6 Å². The number of nitrogens with zero attached hydrogens (tertiary/aromatic N) is 3.